The fraction of sp³-hybridized carbons (Fsp3) is 0.583. The molecule has 2 fully saturated rings. The van der Waals surface area contributed by atoms with Crippen LogP contribution in [-0.4, -0.2) is 52.5 Å². The van der Waals surface area contributed by atoms with Gasteiger partial charge in [-0.05, 0) is 57.6 Å². The monoisotopic (exact) mass is 488 g/mol. The third-order valence-corrected chi connectivity index (χ3v) is 7.35. The van der Waals surface area contributed by atoms with Crippen molar-refractivity contribution in [1.82, 2.24) is 9.47 Å². The molecule has 33 heavy (non-hydrogen) atoms. The van der Waals surface area contributed by atoms with Crippen molar-refractivity contribution in [2.24, 2.45) is 0 Å². The molecule has 0 N–H and O–H groups in total. The minimum atomic E-state index is -0.252. The number of anilines is 1. The first-order valence-electron chi connectivity index (χ1n) is 11.7. The SMILES string of the molecule is CCCn1c(N2CCCCC2)c(/C=C2\SC(=S)N(CCCOCC)C2=O)c(C)c(C#N)c1=O. The summed E-state index contributed by atoms with van der Waals surface area (Å²) >= 11 is 6.77. The van der Waals surface area contributed by atoms with E-state index >= 15 is 0 Å². The molecule has 0 spiro atoms. The van der Waals surface area contributed by atoms with Crippen molar-refractivity contribution in [2.75, 3.05) is 37.7 Å². The van der Waals surface area contributed by atoms with E-state index in [0.29, 0.717) is 47.5 Å². The van der Waals surface area contributed by atoms with Crippen LogP contribution in [0.1, 0.15) is 62.6 Å². The largest absolute Gasteiger partial charge is 0.382 e. The number of nitriles is 1. The molecule has 178 valence electrons. The van der Waals surface area contributed by atoms with Crippen LogP contribution in [0, 0.1) is 18.3 Å². The topological polar surface area (TPSA) is 78.6 Å². The fourth-order valence-electron chi connectivity index (χ4n) is 4.31. The van der Waals surface area contributed by atoms with E-state index < -0.39 is 0 Å². The van der Waals surface area contributed by atoms with E-state index in [2.05, 4.69) is 11.0 Å². The summed E-state index contributed by atoms with van der Waals surface area (Å²) in [5.74, 6) is 0.692. The Morgan fingerprint density at radius 3 is 2.55 bits per heavy atom. The van der Waals surface area contributed by atoms with Crippen LogP contribution in [0.4, 0.5) is 5.82 Å². The summed E-state index contributed by atoms with van der Waals surface area (Å²) in [5, 5.41) is 9.74. The number of nitrogens with zero attached hydrogens (tertiary/aromatic N) is 4. The van der Waals surface area contributed by atoms with Crippen LogP contribution in [0.5, 0.6) is 0 Å². The fourth-order valence-corrected chi connectivity index (χ4v) is 5.60. The molecule has 7 nitrogen and oxygen atoms in total. The maximum absolute atomic E-state index is 13.2. The Balaban J connectivity index is 2.08. The zero-order valence-corrected chi connectivity index (χ0v) is 21.3. The number of ether oxygens (including phenoxy) is 1. The van der Waals surface area contributed by atoms with Crippen molar-refractivity contribution in [3.63, 3.8) is 0 Å². The summed E-state index contributed by atoms with van der Waals surface area (Å²) < 4.78 is 7.64. The van der Waals surface area contributed by atoms with Gasteiger partial charge in [-0.2, -0.15) is 5.26 Å². The first-order chi connectivity index (χ1) is 15.9. The normalized spacial score (nSPS) is 17.8. The number of thioether (sulfide) groups is 1. The van der Waals surface area contributed by atoms with Gasteiger partial charge in [0.25, 0.3) is 11.5 Å². The number of pyridine rings is 1. The van der Waals surface area contributed by atoms with Crippen molar-refractivity contribution in [2.45, 2.75) is 59.4 Å². The highest BCUT2D eigenvalue weighted by atomic mass is 32.2. The average molecular weight is 489 g/mol. The van der Waals surface area contributed by atoms with Gasteiger partial charge in [-0.15, -0.1) is 0 Å². The minimum absolute atomic E-state index is 0.128. The second kappa shape index (κ2) is 11.8. The van der Waals surface area contributed by atoms with Crippen molar-refractivity contribution in [3.05, 3.63) is 31.9 Å². The van der Waals surface area contributed by atoms with E-state index in [4.69, 9.17) is 17.0 Å². The lowest BCUT2D eigenvalue weighted by Gasteiger charge is -2.33. The van der Waals surface area contributed by atoms with Gasteiger partial charge in [0, 0.05) is 45.0 Å². The number of piperidine rings is 1. The first kappa shape index (κ1) is 25.5. The van der Waals surface area contributed by atoms with Gasteiger partial charge in [-0.3, -0.25) is 19.1 Å². The second-order valence-electron chi connectivity index (χ2n) is 8.24. The molecule has 9 heteroatoms. The van der Waals surface area contributed by atoms with E-state index in [1.807, 2.05) is 19.9 Å². The molecular weight excluding hydrogens is 456 g/mol. The predicted octanol–water partition coefficient (Wildman–Crippen LogP) is 4.06. The van der Waals surface area contributed by atoms with Crippen LogP contribution in [0.15, 0.2) is 9.70 Å². The maximum Gasteiger partial charge on any atom is 0.270 e. The van der Waals surface area contributed by atoms with Crippen LogP contribution < -0.4 is 10.5 Å². The Morgan fingerprint density at radius 1 is 1.18 bits per heavy atom. The summed E-state index contributed by atoms with van der Waals surface area (Å²) in [7, 11) is 0. The quantitative estimate of drug-likeness (QED) is 0.295. The predicted molar refractivity (Wildman–Crippen MR) is 137 cm³/mol. The summed E-state index contributed by atoms with van der Waals surface area (Å²) in [5.41, 5.74) is 1.29. The molecule has 1 aromatic heterocycles. The van der Waals surface area contributed by atoms with Crippen molar-refractivity contribution < 1.29 is 9.53 Å². The van der Waals surface area contributed by atoms with Crippen LogP contribution in [-0.2, 0) is 16.1 Å². The number of amides is 1. The standard InChI is InChI=1S/C24H32N4O3S2/c1-4-10-27-21(26-11-7-6-8-12-26)18(17(3)19(16-25)22(27)29)15-20-23(30)28(24(32)33-20)13-9-14-31-5-2/h15H,4-14H2,1-3H3/b20-15-. The molecule has 1 aromatic rings. The Labute approximate surface area is 205 Å². The van der Waals surface area contributed by atoms with Gasteiger partial charge in [0.1, 0.15) is 21.8 Å². The molecule has 0 saturated carbocycles. The molecule has 2 saturated heterocycles. The molecule has 1 amide bonds. The number of rotatable bonds is 9. The lowest BCUT2D eigenvalue weighted by Crippen LogP contribution is -2.37. The zero-order valence-electron chi connectivity index (χ0n) is 19.7. The molecule has 0 bridgehead atoms. The van der Waals surface area contributed by atoms with E-state index in [1.54, 1.807) is 16.4 Å². The van der Waals surface area contributed by atoms with Crippen molar-refractivity contribution >= 4 is 46.1 Å². The van der Waals surface area contributed by atoms with Crippen molar-refractivity contribution in [1.29, 1.82) is 5.26 Å². The molecule has 0 unspecified atom stereocenters. The highest BCUT2D eigenvalue weighted by molar-refractivity contribution is 8.26. The molecule has 0 atom stereocenters. The van der Waals surface area contributed by atoms with Crippen LogP contribution >= 0.6 is 24.0 Å². The molecule has 0 aromatic carbocycles. The van der Waals surface area contributed by atoms with E-state index in [0.717, 1.165) is 43.7 Å². The van der Waals surface area contributed by atoms with Crippen LogP contribution in [0.2, 0.25) is 0 Å². The number of hydrogen-bond donors (Lipinski definition) is 0. The van der Waals surface area contributed by atoms with Crippen LogP contribution in [0.3, 0.4) is 0 Å². The maximum atomic E-state index is 13.2. The lowest BCUT2D eigenvalue weighted by molar-refractivity contribution is -0.122. The average Bonchev–Trinajstić information content (AvgIpc) is 3.08. The number of carbonyl (C=O) groups excluding carboxylic acids is 1. The third-order valence-electron chi connectivity index (χ3n) is 5.97. The summed E-state index contributed by atoms with van der Waals surface area (Å²) in [6.45, 7) is 9.74. The van der Waals surface area contributed by atoms with Gasteiger partial charge < -0.3 is 9.64 Å². The zero-order chi connectivity index (χ0) is 24.0. The minimum Gasteiger partial charge on any atom is -0.382 e. The Bertz CT molecular complexity index is 1040. The molecule has 2 aliphatic heterocycles. The molecule has 2 aliphatic rings. The Kier molecular flexibility index (Phi) is 9.12. The van der Waals surface area contributed by atoms with Gasteiger partial charge in [0.2, 0.25) is 0 Å². The Hall–Kier alpha value is -2.15. The van der Waals surface area contributed by atoms with Crippen LogP contribution in [0.25, 0.3) is 6.08 Å². The number of hydrogen-bond acceptors (Lipinski definition) is 7. The lowest BCUT2D eigenvalue weighted by atomic mass is 10.0. The molecule has 0 aliphatic carbocycles. The molecule has 3 rings (SSSR count). The second-order valence-corrected chi connectivity index (χ2v) is 9.91. The first-order valence-corrected chi connectivity index (χ1v) is 12.9. The highest BCUT2D eigenvalue weighted by Crippen LogP contribution is 2.36. The molecule has 3 heterocycles. The van der Waals surface area contributed by atoms with Crippen molar-refractivity contribution in [3.8, 4) is 6.07 Å². The highest BCUT2D eigenvalue weighted by Gasteiger charge is 2.33. The summed E-state index contributed by atoms with van der Waals surface area (Å²) in [6, 6.07) is 2.10. The van der Waals surface area contributed by atoms with Gasteiger partial charge in [-0.25, -0.2) is 0 Å². The summed E-state index contributed by atoms with van der Waals surface area (Å²) in [6.07, 6.45) is 6.61. The van der Waals surface area contributed by atoms with Gasteiger partial charge in [0.05, 0.1) is 4.91 Å². The van der Waals surface area contributed by atoms with Gasteiger partial charge >= 0.3 is 0 Å². The number of aromatic nitrogens is 1. The number of carbonyl (C=O) groups is 1. The number of thiocarbonyl (C=S) groups is 1. The molecule has 0 radical (unpaired) electrons. The molecular formula is C24H32N4O3S2. The van der Waals surface area contributed by atoms with E-state index in [9.17, 15) is 14.9 Å². The smallest absolute Gasteiger partial charge is 0.270 e. The van der Waals surface area contributed by atoms with Gasteiger partial charge in [0.15, 0.2) is 0 Å². The van der Waals surface area contributed by atoms with Gasteiger partial charge in [-0.1, -0.05) is 30.9 Å². The summed E-state index contributed by atoms with van der Waals surface area (Å²) in [4.78, 5) is 30.7. The third kappa shape index (κ3) is 5.51. The van der Waals surface area contributed by atoms with E-state index in [-0.39, 0.29) is 17.0 Å². The van der Waals surface area contributed by atoms with E-state index in [1.165, 1.54) is 18.2 Å². The Morgan fingerprint density at radius 2 is 1.91 bits per heavy atom.